The highest BCUT2D eigenvalue weighted by molar-refractivity contribution is 7.11. The maximum Gasteiger partial charge on any atom is 0.119 e. The lowest BCUT2D eigenvalue weighted by atomic mass is 10.4. The van der Waals surface area contributed by atoms with E-state index in [9.17, 15) is 0 Å². The van der Waals surface area contributed by atoms with Gasteiger partial charge in [-0.2, -0.15) is 0 Å². The molecule has 0 amide bonds. The number of hydrogen-bond acceptors (Lipinski definition) is 5. The molecule has 0 aliphatic carbocycles. The third-order valence-electron chi connectivity index (χ3n) is 1.94. The summed E-state index contributed by atoms with van der Waals surface area (Å²) < 4.78 is 5.27. The minimum Gasteiger partial charge on any atom is -0.381 e. The number of nitrogens with zero attached hydrogens (tertiary/aromatic N) is 2. The van der Waals surface area contributed by atoms with Crippen molar-refractivity contribution < 1.29 is 4.74 Å². The Balaban J connectivity index is 2.23. The van der Waals surface area contributed by atoms with E-state index in [1.54, 1.807) is 11.3 Å². The number of ether oxygens (including phenoxy) is 1. The fourth-order valence-corrected chi connectivity index (χ4v) is 1.99. The van der Waals surface area contributed by atoms with Crippen LogP contribution in [0.15, 0.2) is 0 Å². The van der Waals surface area contributed by atoms with Crippen molar-refractivity contribution in [1.82, 2.24) is 15.5 Å². The molecule has 1 aromatic rings. The van der Waals surface area contributed by atoms with Crippen molar-refractivity contribution in [2.24, 2.45) is 0 Å². The van der Waals surface area contributed by atoms with Crippen LogP contribution in [0.1, 0.15) is 23.9 Å². The molecule has 0 aromatic carbocycles. The van der Waals surface area contributed by atoms with E-state index in [1.165, 1.54) is 0 Å². The van der Waals surface area contributed by atoms with Gasteiger partial charge in [0.25, 0.3) is 0 Å². The summed E-state index contributed by atoms with van der Waals surface area (Å²) in [4.78, 5) is 0. The average Bonchev–Trinajstić information content (AvgIpc) is 2.67. The quantitative estimate of drug-likeness (QED) is 0.682. The first-order valence-corrected chi connectivity index (χ1v) is 6.28. The van der Waals surface area contributed by atoms with E-state index in [0.717, 1.165) is 49.2 Å². The Morgan fingerprint density at radius 1 is 1.20 bits per heavy atom. The predicted octanol–water partition coefficient (Wildman–Crippen LogP) is 1.27. The minimum atomic E-state index is 0.748. The molecule has 0 bridgehead atoms. The van der Waals surface area contributed by atoms with Crippen molar-refractivity contribution >= 4 is 11.3 Å². The maximum absolute atomic E-state index is 5.27. The first kappa shape index (κ1) is 12.5. The van der Waals surface area contributed by atoms with Crippen molar-refractivity contribution in [2.75, 3.05) is 26.3 Å². The summed E-state index contributed by atoms with van der Waals surface area (Å²) in [7, 11) is 0. The Bertz CT molecular complexity index is 240. The fraction of sp³-hybridized carbons (Fsp3) is 0.800. The zero-order chi connectivity index (χ0) is 10.9. The van der Waals surface area contributed by atoms with Gasteiger partial charge in [-0.25, -0.2) is 0 Å². The number of aromatic nitrogens is 2. The SMILES string of the molecule is CCNCCc1nnc(CCOCC)s1. The van der Waals surface area contributed by atoms with Crippen LogP contribution in [0.4, 0.5) is 0 Å². The highest BCUT2D eigenvalue weighted by atomic mass is 32.1. The van der Waals surface area contributed by atoms with Crippen LogP contribution >= 0.6 is 11.3 Å². The smallest absolute Gasteiger partial charge is 0.119 e. The van der Waals surface area contributed by atoms with E-state index in [1.807, 2.05) is 6.92 Å². The fourth-order valence-electron chi connectivity index (χ4n) is 1.17. The first-order valence-electron chi connectivity index (χ1n) is 5.46. The monoisotopic (exact) mass is 229 g/mol. The summed E-state index contributed by atoms with van der Waals surface area (Å²) >= 11 is 1.69. The Labute approximate surface area is 95.1 Å². The zero-order valence-corrected chi connectivity index (χ0v) is 10.3. The number of likely N-dealkylation sites (N-methyl/N-ethyl adjacent to an activating group) is 1. The molecule has 5 heteroatoms. The lowest BCUT2D eigenvalue weighted by Gasteiger charge is -1.96. The van der Waals surface area contributed by atoms with Crippen LogP contribution in [0.3, 0.4) is 0 Å². The molecule has 0 aliphatic heterocycles. The van der Waals surface area contributed by atoms with Crippen LogP contribution in [-0.2, 0) is 17.6 Å². The van der Waals surface area contributed by atoms with E-state index in [0.29, 0.717) is 0 Å². The third kappa shape index (κ3) is 5.20. The second-order valence-electron chi connectivity index (χ2n) is 3.14. The van der Waals surface area contributed by atoms with Gasteiger partial charge >= 0.3 is 0 Å². The summed E-state index contributed by atoms with van der Waals surface area (Å²) in [5.41, 5.74) is 0. The van der Waals surface area contributed by atoms with E-state index in [2.05, 4.69) is 22.4 Å². The van der Waals surface area contributed by atoms with Gasteiger partial charge in [-0.15, -0.1) is 21.5 Å². The molecule has 1 rings (SSSR count). The molecule has 4 nitrogen and oxygen atoms in total. The molecule has 1 aromatic heterocycles. The zero-order valence-electron chi connectivity index (χ0n) is 9.45. The third-order valence-corrected chi connectivity index (χ3v) is 2.98. The highest BCUT2D eigenvalue weighted by Gasteiger charge is 2.03. The summed E-state index contributed by atoms with van der Waals surface area (Å²) in [6, 6.07) is 0. The van der Waals surface area contributed by atoms with Crippen LogP contribution in [0.25, 0.3) is 0 Å². The Hall–Kier alpha value is -0.520. The van der Waals surface area contributed by atoms with Crippen LogP contribution in [0.5, 0.6) is 0 Å². The number of nitrogens with one attached hydrogen (secondary N) is 1. The summed E-state index contributed by atoms with van der Waals surface area (Å²) in [5, 5.41) is 13.7. The Morgan fingerprint density at radius 2 is 1.93 bits per heavy atom. The molecule has 1 N–H and O–H groups in total. The van der Waals surface area contributed by atoms with Crippen LogP contribution in [-0.4, -0.2) is 36.5 Å². The van der Waals surface area contributed by atoms with E-state index in [4.69, 9.17) is 4.74 Å². The first-order chi connectivity index (χ1) is 7.36. The Kier molecular flexibility index (Phi) is 6.47. The molecular weight excluding hydrogens is 210 g/mol. The molecule has 0 unspecified atom stereocenters. The summed E-state index contributed by atoms with van der Waals surface area (Å²) in [5.74, 6) is 0. The number of hydrogen-bond donors (Lipinski definition) is 1. The highest BCUT2D eigenvalue weighted by Crippen LogP contribution is 2.10. The van der Waals surface area contributed by atoms with Gasteiger partial charge in [0.1, 0.15) is 10.0 Å². The molecule has 86 valence electrons. The van der Waals surface area contributed by atoms with Gasteiger partial charge in [0.05, 0.1) is 6.61 Å². The van der Waals surface area contributed by atoms with Gasteiger partial charge in [0, 0.05) is 26.0 Å². The average molecular weight is 229 g/mol. The van der Waals surface area contributed by atoms with Crippen LogP contribution in [0, 0.1) is 0 Å². The lowest BCUT2D eigenvalue weighted by molar-refractivity contribution is 0.150. The molecule has 0 atom stereocenters. The Morgan fingerprint density at radius 3 is 2.60 bits per heavy atom. The van der Waals surface area contributed by atoms with Crippen molar-refractivity contribution in [1.29, 1.82) is 0 Å². The predicted molar refractivity (Wildman–Crippen MR) is 62.4 cm³/mol. The molecule has 0 fully saturated rings. The van der Waals surface area contributed by atoms with Gasteiger partial charge in [0.15, 0.2) is 0 Å². The summed E-state index contributed by atoms with van der Waals surface area (Å²) in [6.45, 7) is 7.62. The van der Waals surface area contributed by atoms with E-state index >= 15 is 0 Å². The van der Waals surface area contributed by atoms with Crippen molar-refractivity contribution in [2.45, 2.75) is 26.7 Å². The number of rotatable bonds is 8. The second kappa shape index (κ2) is 7.73. The van der Waals surface area contributed by atoms with E-state index < -0.39 is 0 Å². The van der Waals surface area contributed by atoms with Crippen LogP contribution < -0.4 is 5.32 Å². The second-order valence-corrected chi connectivity index (χ2v) is 4.29. The van der Waals surface area contributed by atoms with Crippen molar-refractivity contribution in [3.05, 3.63) is 10.0 Å². The lowest BCUT2D eigenvalue weighted by Crippen LogP contribution is -2.15. The minimum absolute atomic E-state index is 0.748. The largest absolute Gasteiger partial charge is 0.381 e. The van der Waals surface area contributed by atoms with Crippen LogP contribution in [0.2, 0.25) is 0 Å². The molecule has 15 heavy (non-hydrogen) atoms. The van der Waals surface area contributed by atoms with Gasteiger partial charge in [-0.3, -0.25) is 0 Å². The molecule has 0 radical (unpaired) electrons. The normalized spacial score (nSPS) is 10.8. The van der Waals surface area contributed by atoms with Crippen molar-refractivity contribution in [3.63, 3.8) is 0 Å². The molecule has 0 saturated heterocycles. The molecule has 1 heterocycles. The van der Waals surface area contributed by atoms with Gasteiger partial charge in [0.2, 0.25) is 0 Å². The van der Waals surface area contributed by atoms with Gasteiger partial charge in [-0.1, -0.05) is 6.92 Å². The summed E-state index contributed by atoms with van der Waals surface area (Å²) in [6.07, 6.45) is 1.85. The molecule has 0 saturated carbocycles. The maximum atomic E-state index is 5.27. The van der Waals surface area contributed by atoms with Crippen molar-refractivity contribution in [3.8, 4) is 0 Å². The molecule has 0 aliphatic rings. The molecule has 0 spiro atoms. The van der Waals surface area contributed by atoms with Gasteiger partial charge < -0.3 is 10.1 Å². The standard InChI is InChI=1S/C10H19N3OS/c1-3-11-7-5-9-12-13-10(15-9)6-8-14-4-2/h11H,3-8H2,1-2H3. The topological polar surface area (TPSA) is 47.0 Å². The van der Waals surface area contributed by atoms with E-state index in [-0.39, 0.29) is 0 Å². The molecular formula is C10H19N3OS. The van der Waals surface area contributed by atoms with Gasteiger partial charge in [-0.05, 0) is 13.5 Å².